The van der Waals surface area contributed by atoms with E-state index < -0.39 is 5.54 Å². The maximum atomic E-state index is 12.2. The van der Waals surface area contributed by atoms with Crippen molar-refractivity contribution < 1.29 is 9.53 Å². The summed E-state index contributed by atoms with van der Waals surface area (Å²) in [6.07, 6.45) is 2.35. The Morgan fingerprint density at radius 3 is 2.86 bits per heavy atom. The van der Waals surface area contributed by atoms with E-state index in [4.69, 9.17) is 16.3 Å². The second kappa shape index (κ2) is 8.61. The highest BCUT2D eigenvalue weighted by atomic mass is 35.5. The van der Waals surface area contributed by atoms with Gasteiger partial charge in [0.05, 0.1) is 11.6 Å². The van der Waals surface area contributed by atoms with Gasteiger partial charge in [0.2, 0.25) is 0 Å². The van der Waals surface area contributed by atoms with Crippen LogP contribution in [-0.4, -0.2) is 34.9 Å². The van der Waals surface area contributed by atoms with Gasteiger partial charge in [-0.15, -0.1) is 11.8 Å². The Bertz CT molecular complexity index is 473. The second-order valence-corrected chi connectivity index (χ2v) is 6.84. The summed E-state index contributed by atoms with van der Waals surface area (Å²) in [4.78, 5) is 16.4. The van der Waals surface area contributed by atoms with E-state index >= 15 is 0 Å². The lowest BCUT2D eigenvalue weighted by Gasteiger charge is -2.30. The molecule has 0 aliphatic heterocycles. The van der Waals surface area contributed by atoms with Gasteiger partial charge in [0.1, 0.15) is 10.6 Å². The number of carbonyl (C=O) groups is 1. The molecule has 0 spiro atoms. The molecule has 2 unspecified atom stereocenters. The van der Waals surface area contributed by atoms with E-state index in [0.29, 0.717) is 24.6 Å². The molecule has 0 saturated carbocycles. The number of ether oxygens (including phenoxy) is 1. The number of nitrogens with zero attached hydrogens (tertiary/aromatic N) is 1. The summed E-state index contributed by atoms with van der Waals surface area (Å²) in [6.45, 7) is 8.82. The minimum Gasteiger partial charge on any atom is -0.465 e. The molecule has 4 nitrogen and oxygen atoms in total. The van der Waals surface area contributed by atoms with Gasteiger partial charge in [-0.05, 0) is 38.9 Å². The third-order valence-corrected chi connectivity index (χ3v) is 4.56. The van der Waals surface area contributed by atoms with Crippen LogP contribution in [0.4, 0.5) is 0 Å². The first-order valence-corrected chi connectivity index (χ1v) is 8.38. The lowest BCUT2D eigenvalue weighted by molar-refractivity contribution is -0.150. The number of halogens is 1. The first-order valence-electron chi connectivity index (χ1n) is 7.12. The first-order chi connectivity index (χ1) is 9.92. The Morgan fingerprint density at radius 2 is 2.29 bits per heavy atom. The van der Waals surface area contributed by atoms with Gasteiger partial charge in [0.15, 0.2) is 0 Å². The van der Waals surface area contributed by atoms with Gasteiger partial charge in [0.25, 0.3) is 0 Å². The zero-order chi connectivity index (χ0) is 15.9. The fourth-order valence-electron chi connectivity index (χ4n) is 2.17. The van der Waals surface area contributed by atoms with Crippen LogP contribution >= 0.6 is 23.4 Å². The number of aromatic nitrogens is 1. The zero-order valence-electron chi connectivity index (χ0n) is 13.0. The summed E-state index contributed by atoms with van der Waals surface area (Å²) in [6, 6.07) is 3.62. The number of likely N-dealkylation sites (N-methyl/N-ethyl adjacent to an activating group) is 1. The molecular formula is C15H23ClN2O2S. The Labute approximate surface area is 136 Å². The predicted octanol–water partition coefficient (Wildman–Crippen LogP) is 3.54. The highest BCUT2D eigenvalue weighted by Gasteiger charge is 2.35. The molecule has 0 saturated heterocycles. The van der Waals surface area contributed by atoms with Crippen molar-refractivity contribution in [1.29, 1.82) is 0 Å². The average Bonchev–Trinajstić information content (AvgIpc) is 2.41. The largest absolute Gasteiger partial charge is 0.465 e. The minimum atomic E-state index is -0.696. The van der Waals surface area contributed by atoms with Crippen molar-refractivity contribution in [3.63, 3.8) is 0 Å². The van der Waals surface area contributed by atoms with Crippen LogP contribution in [0.15, 0.2) is 23.4 Å². The first kappa shape index (κ1) is 18.3. The lowest BCUT2D eigenvalue weighted by atomic mass is 9.96. The monoisotopic (exact) mass is 330 g/mol. The van der Waals surface area contributed by atoms with E-state index in [1.54, 1.807) is 24.0 Å². The van der Waals surface area contributed by atoms with E-state index in [1.165, 1.54) is 0 Å². The van der Waals surface area contributed by atoms with E-state index in [2.05, 4.69) is 17.2 Å². The van der Waals surface area contributed by atoms with E-state index in [-0.39, 0.29) is 11.2 Å². The molecule has 1 aromatic heterocycles. The topological polar surface area (TPSA) is 51.2 Å². The molecule has 0 aliphatic carbocycles. The van der Waals surface area contributed by atoms with Crippen LogP contribution in [0.5, 0.6) is 0 Å². The SMILES string of the molecule is CCNC(C)(CC(C)Sc1ncccc1Cl)C(=O)OCC. The number of hydrogen-bond acceptors (Lipinski definition) is 5. The summed E-state index contributed by atoms with van der Waals surface area (Å²) in [5.74, 6) is -0.216. The second-order valence-electron chi connectivity index (χ2n) is 5.01. The van der Waals surface area contributed by atoms with Crippen LogP contribution in [0, 0.1) is 0 Å². The van der Waals surface area contributed by atoms with Crippen molar-refractivity contribution in [2.24, 2.45) is 0 Å². The molecule has 6 heteroatoms. The number of esters is 1. The molecule has 21 heavy (non-hydrogen) atoms. The van der Waals surface area contributed by atoms with E-state index in [0.717, 1.165) is 5.03 Å². The van der Waals surface area contributed by atoms with Gasteiger partial charge in [0, 0.05) is 11.4 Å². The summed E-state index contributed by atoms with van der Waals surface area (Å²) in [5.41, 5.74) is -0.696. The van der Waals surface area contributed by atoms with Gasteiger partial charge >= 0.3 is 5.97 Å². The van der Waals surface area contributed by atoms with Crippen LogP contribution < -0.4 is 5.32 Å². The van der Waals surface area contributed by atoms with Gasteiger partial charge < -0.3 is 10.1 Å². The minimum absolute atomic E-state index is 0.172. The Balaban J connectivity index is 2.74. The smallest absolute Gasteiger partial charge is 0.326 e. The van der Waals surface area contributed by atoms with Gasteiger partial charge in [-0.1, -0.05) is 25.4 Å². The van der Waals surface area contributed by atoms with Crippen molar-refractivity contribution in [2.45, 2.75) is 49.9 Å². The van der Waals surface area contributed by atoms with Crippen LogP contribution in [0.1, 0.15) is 34.1 Å². The van der Waals surface area contributed by atoms with E-state index in [9.17, 15) is 4.79 Å². The molecule has 0 aromatic carbocycles. The molecule has 1 rings (SSSR count). The van der Waals surface area contributed by atoms with E-state index in [1.807, 2.05) is 26.8 Å². The molecular weight excluding hydrogens is 308 g/mol. The number of thioether (sulfide) groups is 1. The Morgan fingerprint density at radius 1 is 1.57 bits per heavy atom. The maximum Gasteiger partial charge on any atom is 0.326 e. The maximum absolute atomic E-state index is 12.2. The highest BCUT2D eigenvalue weighted by molar-refractivity contribution is 7.99. The number of pyridine rings is 1. The molecule has 1 aromatic rings. The summed E-state index contributed by atoms with van der Waals surface area (Å²) < 4.78 is 5.18. The Kier molecular flexibility index (Phi) is 7.49. The molecule has 0 aliphatic rings. The molecule has 1 N–H and O–H groups in total. The fraction of sp³-hybridized carbons (Fsp3) is 0.600. The Hall–Kier alpha value is -0.780. The summed E-state index contributed by atoms with van der Waals surface area (Å²) >= 11 is 7.69. The quantitative estimate of drug-likeness (QED) is 0.583. The van der Waals surface area contributed by atoms with Crippen molar-refractivity contribution >= 4 is 29.3 Å². The summed E-state index contributed by atoms with van der Waals surface area (Å²) in [7, 11) is 0. The average molecular weight is 331 g/mol. The number of hydrogen-bond donors (Lipinski definition) is 1. The van der Waals surface area contributed by atoms with Gasteiger partial charge in [-0.25, -0.2) is 4.98 Å². The van der Waals surface area contributed by atoms with Gasteiger partial charge in [-0.2, -0.15) is 0 Å². The number of carbonyl (C=O) groups excluding carboxylic acids is 1. The van der Waals surface area contributed by atoms with Crippen LogP contribution in [0.3, 0.4) is 0 Å². The van der Waals surface area contributed by atoms with Crippen LogP contribution in [0.25, 0.3) is 0 Å². The van der Waals surface area contributed by atoms with Crippen molar-refractivity contribution in [2.75, 3.05) is 13.2 Å². The molecule has 0 bridgehead atoms. The number of nitrogens with one attached hydrogen (secondary N) is 1. The molecule has 1 heterocycles. The normalized spacial score (nSPS) is 15.3. The summed E-state index contributed by atoms with van der Waals surface area (Å²) in [5, 5.41) is 4.83. The standard InChI is InChI=1S/C15H23ClN2O2S/c1-5-18-15(4,14(19)20-6-2)10-11(3)21-13-12(16)8-7-9-17-13/h7-9,11,18H,5-6,10H2,1-4H3. The lowest BCUT2D eigenvalue weighted by Crippen LogP contribution is -2.51. The van der Waals surface area contributed by atoms with Crippen molar-refractivity contribution in [1.82, 2.24) is 10.3 Å². The van der Waals surface area contributed by atoms with Gasteiger partial charge in [-0.3, -0.25) is 4.79 Å². The molecule has 0 radical (unpaired) electrons. The zero-order valence-corrected chi connectivity index (χ0v) is 14.6. The fourth-order valence-corrected chi connectivity index (χ4v) is 3.53. The van der Waals surface area contributed by atoms with Crippen LogP contribution in [0.2, 0.25) is 5.02 Å². The van der Waals surface area contributed by atoms with Crippen LogP contribution in [-0.2, 0) is 9.53 Å². The molecule has 118 valence electrons. The van der Waals surface area contributed by atoms with Crippen molar-refractivity contribution in [3.8, 4) is 0 Å². The molecule has 2 atom stereocenters. The third kappa shape index (κ3) is 5.49. The predicted molar refractivity (Wildman–Crippen MR) is 87.9 cm³/mol. The third-order valence-electron chi connectivity index (χ3n) is 3.03. The molecule has 0 amide bonds. The molecule has 0 fully saturated rings. The number of rotatable bonds is 8. The highest BCUT2D eigenvalue weighted by Crippen LogP contribution is 2.32. The van der Waals surface area contributed by atoms with Crippen molar-refractivity contribution in [3.05, 3.63) is 23.4 Å².